The van der Waals surface area contributed by atoms with Gasteiger partial charge in [-0.2, -0.15) is 0 Å². The average molecular weight is 529 g/mol. The molecule has 12 heteroatoms. The van der Waals surface area contributed by atoms with Gasteiger partial charge in [0.1, 0.15) is 17.0 Å². The number of imide groups is 1. The second-order valence-electron chi connectivity index (χ2n) is 10.6. The summed E-state index contributed by atoms with van der Waals surface area (Å²) in [6.07, 6.45) is 2.96. The number of rotatable bonds is 5. The van der Waals surface area contributed by atoms with Crippen LogP contribution in [0.5, 0.6) is 0 Å². The van der Waals surface area contributed by atoms with Crippen LogP contribution in [0.1, 0.15) is 71.9 Å². The number of halogens is 1. The van der Waals surface area contributed by atoms with Gasteiger partial charge in [-0.15, -0.1) is 0 Å². The summed E-state index contributed by atoms with van der Waals surface area (Å²) in [5.74, 6) is -0.284. The molecule has 1 aromatic carbocycles. The average Bonchev–Trinajstić information content (AvgIpc) is 3.47. The Morgan fingerprint density at radius 2 is 1.95 bits per heavy atom. The molecule has 1 aliphatic rings. The topological polar surface area (TPSA) is 143 Å². The number of imidazole rings is 1. The molecule has 1 aliphatic heterocycles. The van der Waals surface area contributed by atoms with Gasteiger partial charge in [0.05, 0.1) is 17.1 Å². The predicted molar refractivity (Wildman–Crippen MR) is 138 cm³/mol. The van der Waals surface area contributed by atoms with Gasteiger partial charge in [-0.1, -0.05) is 0 Å². The minimum Gasteiger partial charge on any atom is -0.443 e. The predicted octanol–water partition coefficient (Wildman–Crippen LogP) is 5.03. The van der Waals surface area contributed by atoms with E-state index in [1.807, 2.05) is 0 Å². The highest BCUT2D eigenvalue weighted by atomic mass is 19.1. The number of nitrogens with one attached hydrogen (secondary N) is 2. The summed E-state index contributed by atoms with van der Waals surface area (Å²) in [5, 5.41) is 12.7. The standard InChI is InChI=1S/C26H33FN6O5/c1-7-33(24(35)38-25(2,3)4)23(34)32-22-30-16-11-15(14-12-28-21(29-13-14)26(5,6)36)19(27)18(20(16)31-22)17-9-8-10-37-17/h11-13,17,36H,7-10H2,1-6H3,(H2,30,31,32,34). The van der Waals surface area contributed by atoms with Crippen molar-refractivity contribution in [1.82, 2.24) is 24.8 Å². The van der Waals surface area contributed by atoms with Crippen molar-refractivity contribution in [2.45, 2.75) is 71.7 Å². The van der Waals surface area contributed by atoms with Gasteiger partial charge in [0.25, 0.3) is 0 Å². The molecule has 2 aromatic heterocycles. The Labute approximate surface area is 219 Å². The van der Waals surface area contributed by atoms with Gasteiger partial charge < -0.3 is 19.6 Å². The fraction of sp³-hybridized carbons (Fsp3) is 0.500. The van der Waals surface area contributed by atoms with Crippen LogP contribution >= 0.6 is 0 Å². The third kappa shape index (κ3) is 5.76. The van der Waals surface area contributed by atoms with E-state index in [1.54, 1.807) is 47.6 Å². The number of hydrogen-bond acceptors (Lipinski definition) is 8. The molecule has 4 rings (SSSR count). The molecule has 0 spiro atoms. The first-order valence-corrected chi connectivity index (χ1v) is 12.5. The van der Waals surface area contributed by atoms with E-state index in [9.17, 15) is 14.7 Å². The van der Waals surface area contributed by atoms with Gasteiger partial charge in [-0.25, -0.2) is 33.8 Å². The van der Waals surface area contributed by atoms with Crippen molar-refractivity contribution in [3.8, 4) is 11.1 Å². The fourth-order valence-electron chi connectivity index (χ4n) is 4.15. The van der Waals surface area contributed by atoms with E-state index >= 15 is 4.39 Å². The summed E-state index contributed by atoms with van der Waals surface area (Å²) in [6, 6.07) is 0.815. The highest BCUT2D eigenvalue weighted by molar-refractivity contribution is 5.99. The number of H-pyrrole nitrogens is 1. The Hall–Kier alpha value is -3.64. The largest absolute Gasteiger partial charge is 0.443 e. The maximum Gasteiger partial charge on any atom is 0.418 e. The van der Waals surface area contributed by atoms with Crippen molar-refractivity contribution >= 4 is 29.1 Å². The summed E-state index contributed by atoms with van der Waals surface area (Å²) in [7, 11) is 0. The van der Waals surface area contributed by atoms with Crippen LogP contribution < -0.4 is 5.32 Å². The van der Waals surface area contributed by atoms with Crippen LogP contribution in [-0.4, -0.2) is 60.8 Å². The van der Waals surface area contributed by atoms with Crippen LogP contribution in [0.2, 0.25) is 0 Å². The summed E-state index contributed by atoms with van der Waals surface area (Å²) in [4.78, 5) is 42.1. The molecule has 0 radical (unpaired) electrons. The number of urea groups is 1. The number of aromatic nitrogens is 4. The minimum absolute atomic E-state index is 0.0384. The third-order valence-corrected chi connectivity index (χ3v) is 5.91. The van der Waals surface area contributed by atoms with Crippen molar-refractivity contribution in [2.24, 2.45) is 0 Å². The molecule has 3 amide bonds. The van der Waals surface area contributed by atoms with Gasteiger partial charge >= 0.3 is 12.1 Å². The van der Waals surface area contributed by atoms with E-state index < -0.39 is 35.2 Å². The van der Waals surface area contributed by atoms with Crippen molar-refractivity contribution in [3.63, 3.8) is 0 Å². The number of ether oxygens (including phenoxy) is 2. The Morgan fingerprint density at radius 1 is 1.26 bits per heavy atom. The number of carbonyl (C=O) groups is 2. The van der Waals surface area contributed by atoms with Crippen LogP contribution in [0.25, 0.3) is 22.2 Å². The van der Waals surface area contributed by atoms with E-state index in [0.29, 0.717) is 29.6 Å². The minimum atomic E-state index is -1.24. The van der Waals surface area contributed by atoms with Gasteiger partial charge in [0.2, 0.25) is 5.95 Å². The number of aliphatic hydroxyl groups is 1. The number of carbonyl (C=O) groups excluding carboxylic acids is 2. The molecule has 204 valence electrons. The van der Waals surface area contributed by atoms with Gasteiger partial charge in [-0.3, -0.25) is 5.32 Å². The van der Waals surface area contributed by atoms with Crippen molar-refractivity contribution in [2.75, 3.05) is 18.5 Å². The van der Waals surface area contributed by atoms with E-state index in [-0.39, 0.29) is 29.4 Å². The highest BCUT2D eigenvalue weighted by Gasteiger charge is 2.30. The van der Waals surface area contributed by atoms with Crippen LogP contribution in [0.4, 0.5) is 19.9 Å². The summed E-state index contributed by atoms with van der Waals surface area (Å²) >= 11 is 0. The quantitative estimate of drug-likeness (QED) is 0.419. The number of amides is 3. The lowest BCUT2D eigenvalue weighted by atomic mass is 9.98. The smallest absolute Gasteiger partial charge is 0.418 e. The molecule has 0 aliphatic carbocycles. The van der Waals surface area contributed by atoms with E-state index in [1.165, 1.54) is 12.4 Å². The normalized spacial score (nSPS) is 16.1. The molecular weight excluding hydrogens is 495 g/mol. The molecular formula is C26H33FN6O5. The molecule has 3 N–H and O–H groups in total. The Kier molecular flexibility index (Phi) is 7.39. The maximum atomic E-state index is 16.0. The fourth-order valence-corrected chi connectivity index (χ4v) is 4.15. The maximum absolute atomic E-state index is 16.0. The van der Waals surface area contributed by atoms with Crippen molar-refractivity contribution < 1.29 is 28.6 Å². The molecule has 0 bridgehead atoms. The zero-order chi connectivity index (χ0) is 27.8. The molecule has 0 saturated carbocycles. The highest BCUT2D eigenvalue weighted by Crippen LogP contribution is 2.39. The molecule has 1 unspecified atom stereocenters. The van der Waals surface area contributed by atoms with Crippen LogP contribution in [0.3, 0.4) is 0 Å². The number of anilines is 1. The second-order valence-corrected chi connectivity index (χ2v) is 10.6. The first kappa shape index (κ1) is 27.4. The molecule has 3 heterocycles. The zero-order valence-electron chi connectivity index (χ0n) is 22.4. The van der Waals surface area contributed by atoms with E-state index in [4.69, 9.17) is 9.47 Å². The van der Waals surface area contributed by atoms with Crippen LogP contribution in [0, 0.1) is 5.82 Å². The SMILES string of the molecule is CCN(C(=O)Nc1nc2c(C3CCCO3)c(F)c(-c3cnc(C(C)(C)O)nc3)cc2[nH]1)C(=O)OC(C)(C)C. The summed E-state index contributed by atoms with van der Waals surface area (Å²) in [6.45, 7) is 10.5. The van der Waals surface area contributed by atoms with Gasteiger partial charge in [0.15, 0.2) is 5.82 Å². The lowest BCUT2D eigenvalue weighted by molar-refractivity contribution is 0.0340. The van der Waals surface area contributed by atoms with Gasteiger partial charge in [0, 0.05) is 42.2 Å². The molecule has 38 heavy (non-hydrogen) atoms. The Morgan fingerprint density at radius 3 is 2.50 bits per heavy atom. The summed E-state index contributed by atoms with van der Waals surface area (Å²) in [5.41, 5.74) is -0.376. The molecule has 1 fully saturated rings. The third-order valence-electron chi connectivity index (χ3n) is 5.91. The number of benzene rings is 1. The number of fused-ring (bicyclic) bond motifs is 1. The Bertz CT molecular complexity index is 1340. The molecule has 11 nitrogen and oxygen atoms in total. The van der Waals surface area contributed by atoms with E-state index in [0.717, 1.165) is 11.3 Å². The second kappa shape index (κ2) is 10.3. The monoisotopic (exact) mass is 528 g/mol. The Balaban J connectivity index is 1.72. The number of nitrogens with zero attached hydrogens (tertiary/aromatic N) is 4. The lowest BCUT2D eigenvalue weighted by Crippen LogP contribution is -2.43. The zero-order valence-corrected chi connectivity index (χ0v) is 22.4. The van der Waals surface area contributed by atoms with Crippen molar-refractivity contribution in [1.29, 1.82) is 0 Å². The first-order chi connectivity index (χ1) is 17.8. The van der Waals surface area contributed by atoms with E-state index in [2.05, 4.69) is 25.3 Å². The number of hydrogen-bond donors (Lipinski definition) is 3. The van der Waals surface area contributed by atoms with Crippen LogP contribution in [-0.2, 0) is 15.1 Å². The number of aromatic amines is 1. The molecule has 1 atom stereocenters. The molecule has 1 saturated heterocycles. The summed E-state index contributed by atoms with van der Waals surface area (Å²) < 4.78 is 27.1. The lowest BCUT2D eigenvalue weighted by Gasteiger charge is -2.25. The first-order valence-electron chi connectivity index (χ1n) is 12.5. The van der Waals surface area contributed by atoms with Crippen molar-refractivity contribution in [3.05, 3.63) is 35.7 Å². The van der Waals surface area contributed by atoms with Gasteiger partial charge in [-0.05, 0) is 60.5 Å². The van der Waals surface area contributed by atoms with Crippen LogP contribution in [0.15, 0.2) is 18.5 Å². The molecule has 3 aromatic rings.